The van der Waals surface area contributed by atoms with Crippen molar-refractivity contribution >= 4 is 76.0 Å². The molecule has 1 fully saturated rings. The summed E-state index contributed by atoms with van der Waals surface area (Å²) in [5.41, 5.74) is 18.9. The first-order valence-corrected chi connectivity index (χ1v) is 25.8. The van der Waals surface area contributed by atoms with Crippen molar-refractivity contribution in [3.63, 3.8) is 0 Å². The third-order valence-electron chi connectivity index (χ3n) is 12.6. The van der Waals surface area contributed by atoms with Crippen LogP contribution in [-0.4, -0.2) is 155 Å². The molecule has 1 aromatic heterocycles. The highest BCUT2D eigenvalue weighted by Crippen LogP contribution is 2.20. The summed E-state index contributed by atoms with van der Waals surface area (Å²) in [6, 6.07) is 7.94. The van der Waals surface area contributed by atoms with E-state index in [1.807, 2.05) is 52.0 Å². The summed E-state index contributed by atoms with van der Waals surface area (Å²) in [7, 11) is 0. The Bertz CT molecular complexity index is 2570. The van der Waals surface area contributed by atoms with Crippen molar-refractivity contribution in [3.8, 4) is 0 Å². The smallest absolute Gasteiger partial charge is 0.325 e. The summed E-state index contributed by atoms with van der Waals surface area (Å²) < 4.78 is 0. The molecule has 0 radical (unpaired) electrons. The Morgan fingerprint density at radius 1 is 0.675 bits per heavy atom. The van der Waals surface area contributed by atoms with Gasteiger partial charge in [0.1, 0.15) is 42.3 Å². The largest absolute Gasteiger partial charge is 0.480 e. The Morgan fingerprint density at radius 2 is 1.23 bits per heavy atom. The molecule has 77 heavy (non-hydrogen) atoms. The number of fused-ring (bicyclic) bond motifs is 1. The van der Waals surface area contributed by atoms with Crippen molar-refractivity contribution in [1.29, 1.82) is 0 Å². The summed E-state index contributed by atoms with van der Waals surface area (Å²) in [4.78, 5) is 142. The molecule has 4 rings (SSSR count). The van der Waals surface area contributed by atoms with Crippen LogP contribution in [0.4, 0.5) is 0 Å². The van der Waals surface area contributed by atoms with Crippen LogP contribution in [0.25, 0.3) is 10.9 Å². The lowest BCUT2D eigenvalue weighted by Crippen LogP contribution is -2.59. The van der Waals surface area contributed by atoms with E-state index in [9.17, 15) is 53.1 Å². The zero-order valence-electron chi connectivity index (χ0n) is 44.3. The number of likely N-dealkylation sites (tertiary alicyclic amines) is 1. The van der Waals surface area contributed by atoms with Gasteiger partial charge in [0.2, 0.25) is 53.2 Å². The highest BCUT2D eigenvalue weighted by Gasteiger charge is 2.36. The molecule has 1 aliphatic rings. The molecule has 0 saturated carbocycles. The fourth-order valence-electron chi connectivity index (χ4n) is 8.67. The van der Waals surface area contributed by atoms with Crippen LogP contribution in [0.5, 0.6) is 0 Å². The molecule has 1 saturated heterocycles. The van der Waals surface area contributed by atoms with Gasteiger partial charge in [-0.1, -0.05) is 76.2 Å². The number of H-pyrrole nitrogens is 1. The number of amides is 9. The molecule has 0 bridgehead atoms. The van der Waals surface area contributed by atoms with Gasteiger partial charge < -0.3 is 74.7 Å². The lowest BCUT2D eigenvalue weighted by molar-refractivity contribution is -0.143. The van der Waals surface area contributed by atoms with Crippen LogP contribution in [0, 0.1) is 11.8 Å². The van der Waals surface area contributed by atoms with E-state index in [-0.39, 0.29) is 69.4 Å². The number of hydrogen-bond acceptors (Lipinski definition) is 12. The van der Waals surface area contributed by atoms with Crippen LogP contribution in [0.2, 0.25) is 0 Å². The molecular weight excluding hydrogens is 997 g/mol. The molecule has 3 aromatic rings. The monoisotopic (exact) mass is 1070 g/mol. The van der Waals surface area contributed by atoms with Gasteiger partial charge in [-0.3, -0.25) is 52.9 Å². The molecule has 2 aromatic carbocycles. The van der Waals surface area contributed by atoms with E-state index >= 15 is 0 Å². The minimum absolute atomic E-state index is 0.00535. The molecule has 0 unspecified atom stereocenters. The number of nitrogens with one attached hydrogen (secondary N) is 9. The number of nitrogens with two attached hydrogens (primary N) is 3. The number of carbonyl (C=O) groups is 10. The molecule has 1 aliphatic heterocycles. The van der Waals surface area contributed by atoms with Gasteiger partial charge in [-0.25, -0.2) is 0 Å². The molecule has 16 N–H and O–H groups in total. The van der Waals surface area contributed by atoms with Gasteiger partial charge in [-0.05, 0) is 74.5 Å². The average molecular weight is 1070 g/mol. The van der Waals surface area contributed by atoms with Crippen LogP contribution in [0.15, 0.2) is 65.8 Å². The Hall–Kier alpha value is -8.09. The molecule has 0 spiro atoms. The number of benzene rings is 2. The molecular formula is C52H76N14O11. The van der Waals surface area contributed by atoms with Crippen LogP contribution in [-0.2, 0) is 60.8 Å². The number of aliphatic imine (C=N–C) groups is 1. The molecule has 25 heteroatoms. The number of carboxylic acids is 1. The van der Waals surface area contributed by atoms with Crippen molar-refractivity contribution in [2.75, 3.05) is 32.7 Å². The summed E-state index contributed by atoms with van der Waals surface area (Å²) in [5, 5.41) is 31.0. The third kappa shape index (κ3) is 20.2. The Kier molecular flexibility index (Phi) is 24.3. The predicted octanol–water partition coefficient (Wildman–Crippen LogP) is -1.71. The second-order valence-corrected chi connectivity index (χ2v) is 19.8. The summed E-state index contributed by atoms with van der Waals surface area (Å²) >= 11 is 0. The van der Waals surface area contributed by atoms with E-state index in [4.69, 9.17) is 17.2 Å². The van der Waals surface area contributed by atoms with E-state index in [1.54, 1.807) is 36.5 Å². The first-order chi connectivity index (χ1) is 36.6. The number of aromatic amines is 1. The summed E-state index contributed by atoms with van der Waals surface area (Å²) in [6.07, 6.45) is 2.99. The van der Waals surface area contributed by atoms with E-state index in [0.29, 0.717) is 18.4 Å². The van der Waals surface area contributed by atoms with Crippen molar-refractivity contribution in [3.05, 3.63) is 71.9 Å². The lowest BCUT2D eigenvalue weighted by Gasteiger charge is -2.27. The molecule has 25 nitrogen and oxygen atoms in total. The van der Waals surface area contributed by atoms with Gasteiger partial charge in [0.05, 0.1) is 19.6 Å². The molecule has 9 amide bonds. The first kappa shape index (κ1) is 61.5. The number of aromatic nitrogens is 1. The zero-order chi connectivity index (χ0) is 56.8. The van der Waals surface area contributed by atoms with E-state index in [2.05, 4.69) is 52.5 Å². The molecule has 0 aliphatic carbocycles. The topological polar surface area (TPSA) is 397 Å². The third-order valence-corrected chi connectivity index (χ3v) is 12.6. The van der Waals surface area contributed by atoms with Gasteiger partial charge in [0.15, 0.2) is 5.96 Å². The number of rotatable bonds is 30. The minimum Gasteiger partial charge on any atom is -0.480 e. The van der Waals surface area contributed by atoms with Crippen LogP contribution < -0.4 is 59.7 Å². The van der Waals surface area contributed by atoms with Gasteiger partial charge in [-0.2, -0.15) is 0 Å². The minimum atomic E-state index is -1.26. The Morgan fingerprint density at radius 3 is 1.87 bits per heavy atom. The van der Waals surface area contributed by atoms with Crippen molar-refractivity contribution in [1.82, 2.24) is 52.4 Å². The van der Waals surface area contributed by atoms with Gasteiger partial charge in [0, 0.05) is 43.0 Å². The van der Waals surface area contributed by atoms with E-state index in [0.717, 1.165) is 16.5 Å². The highest BCUT2D eigenvalue weighted by molar-refractivity contribution is 5.98. The van der Waals surface area contributed by atoms with E-state index in [1.165, 1.54) is 11.8 Å². The average Bonchev–Trinajstić information content (AvgIpc) is 4.05. The lowest BCUT2D eigenvalue weighted by atomic mass is 9.99. The normalized spacial score (nSPS) is 15.4. The van der Waals surface area contributed by atoms with Crippen LogP contribution >= 0.6 is 0 Å². The maximum absolute atomic E-state index is 14.2. The van der Waals surface area contributed by atoms with Gasteiger partial charge >= 0.3 is 5.97 Å². The van der Waals surface area contributed by atoms with Gasteiger partial charge in [0.25, 0.3) is 0 Å². The van der Waals surface area contributed by atoms with Crippen molar-refractivity contribution in [2.24, 2.45) is 34.0 Å². The maximum atomic E-state index is 14.2. The number of carboxylic acid groups (broad SMARTS) is 1. The van der Waals surface area contributed by atoms with Crippen molar-refractivity contribution in [2.45, 2.75) is 128 Å². The van der Waals surface area contributed by atoms with Crippen molar-refractivity contribution < 1.29 is 53.1 Å². The number of para-hydroxylation sites is 1. The number of aliphatic carboxylic acids is 1. The second-order valence-electron chi connectivity index (χ2n) is 19.8. The Labute approximate surface area is 447 Å². The second kappa shape index (κ2) is 30.5. The van der Waals surface area contributed by atoms with E-state index < -0.39 is 121 Å². The Balaban J connectivity index is 1.45. The standard InChI is InChI=1S/C52H76N14O11/c1-29(2)21-37(45(70)58-27-43(68)62-39(23-32-13-7-6-8-14-32)46(71)59-28-44(69)66-20-12-18-41(66)50(75)60-31(5)51(76)77)64-48(73)38(22-30(3)4)65-47(72)36(17-11-19-56-52(54)55)63-49(74)40(61-42(67)25-53)24-33-26-57-35-16-10-9-15-34(33)35/h6-10,13-16,26,29-31,36-41,57H,11-12,17-25,27-28,53H2,1-5H3,(H,58,70)(H,59,71)(H,60,75)(H,61,67)(H,62,68)(H,63,74)(H,64,73)(H,65,72)(H,76,77)(H4,54,55,56)/t31-,36-,37-,38-,39-,40-,41-/m0/s1. The van der Waals surface area contributed by atoms with Crippen LogP contribution in [0.1, 0.15) is 84.3 Å². The molecule has 7 atom stereocenters. The van der Waals surface area contributed by atoms with Gasteiger partial charge in [-0.15, -0.1) is 0 Å². The summed E-state index contributed by atoms with van der Waals surface area (Å²) in [5.74, 6) is -7.97. The molecule has 2 heterocycles. The predicted molar refractivity (Wildman–Crippen MR) is 286 cm³/mol. The summed E-state index contributed by atoms with van der Waals surface area (Å²) in [6.45, 7) is 7.35. The maximum Gasteiger partial charge on any atom is 0.325 e. The fourth-order valence-corrected chi connectivity index (χ4v) is 8.67. The first-order valence-electron chi connectivity index (χ1n) is 25.8. The SMILES string of the molecule is CC(C)C[C@H](NC(=O)[C@H](CC(C)C)NC(=O)[C@H](CCCN=C(N)N)NC(=O)[C@H](Cc1c[nH]c2ccccc12)NC(=O)CN)C(=O)NCC(=O)N[C@@H](Cc1ccccc1)C(=O)NCC(=O)N1CCC[C@H]1C(=O)N[C@@H](C)C(=O)O. The number of hydrogen-bond donors (Lipinski definition) is 13. The fraction of sp³-hybridized carbons (Fsp3) is 0.519. The number of guanidine groups is 1. The highest BCUT2D eigenvalue weighted by atomic mass is 16.4. The zero-order valence-corrected chi connectivity index (χ0v) is 44.3. The number of nitrogens with zero attached hydrogens (tertiary/aromatic N) is 2. The molecule has 420 valence electrons. The quantitative estimate of drug-likeness (QED) is 0.0201. The number of carbonyl (C=O) groups excluding carboxylic acids is 9. The van der Waals surface area contributed by atoms with Crippen LogP contribution in [0.3, 0.4) is 0 Å².